The van der Waals surface area contributed by atoms with Crippen molar-refractivity contribution in [3.63, 3.8) is 0 Å². The summed E-state index contributed by atoms with van der Waals surface area (Å²) in [6.45, 7) is -0.344. The van der Waals surface area contributed by atoms with E-state index in [-0.39, 0.29) is 35.7 Å². The summed E-state index contributed by atoms with van der Waals surface area (Å²) >= 11 is 3.33. The van der Waals surface area contributed by atoms with Crippen LogP contribution in [0.3, 0.4) is 0 Å². The maximum Gasteiger partial charge on any atom is 0.416 e. The second-order valence-corrected chi connectivity index (χ2v) is 10.8. The van der Waals surface area contributed by atoms with Gasteiger partial charge in [0.25, 0.3) is 5.91 Å². The number of nitrogens with zero attached hydrogens (tertiary/aromatic N) is 1. The standard InChI is InChI=1S/C24H25F3N4O2S2/c25-24(26,27)15-9-10-17(28)16(11-15)22(33)29-12-21(32)30-18-6-2-1-5-14(18)13-34-23-31-19-7-3-4-8-20(19)35-23/h3-4,7-11,14,18H,1-2,5-6,12-13,28H2,(H,29,33)(H,30,32)/t14-,18+/m1/s1. The molecule has 2 amide bonds. The Hall–Kier alpha value is -2.79. The second-order valence-electron chi connectivity index (χ2n) is 8.46. The first kappa shape index (κ1) is 25.3. The Morgan fingerprint density at radius 1 is 1.14 bits per heavy atom. The van der Waals surface area contributed by atoms with Crippen LogP contribution < -0.4 is 16.4 Å². The van der Waals surface area contributed by atoms with E-state index in [9.17, 15) is 22.8 Å². The summed E-state index contributed by atoms with van der Waals surface area (Å²) in [4.78, 5) is 29.6. The van der Waals surface area contributed by atoms with Gasteiger partial charge in [0, 0.05) is 17.5 Å². The molecule has 1 saturated carbocycles. The van der Waals surface area contributed by atoms with E-state index in [1.54, 1.807) is 23.1 Å². The Morgan fingerprint density at radius 2 is 1.91 bits per heavy atom. The Balaban J connectivity index is 1.31. The van der Waals surface area contributed by atoms with Crippen LogP contribution in [0, 0.1) is 5.92 Å². The van der Waals surface area contributed by atoms with Crippen LogP contribution >= 0.6 is 23.1 Å². The van der Waals surface area contributed by atoms with E-state index in [1.165, 1.54) is 0 Å². The SMILES string of the molecule is Nc1ccc(C(F)(F)F)cc1C(=O)NCC(=O)N[C@H]1CCCC[C@@H]1CSc1nc2ccccc2s1. The lowest BCUT2D eigenvalue weighted by atomic mass is 9.86. The number of para-hydroxylation sites is 1. The van der Waals surface area contributed by atoms with Gasteiger partial charge in [0.1, 0.15) is 0 Å². The van der Waals surface area contributed by atoms with Gasteiger partial charge in [-0.3, -0.25) is 9.59 Å². The molecule has 1 heterocycles. The number of rotatable bonds is 7. The molecule has 4 rings (SSSR count). The average Bonchev–Trinajstić information content (AvgIpc) is 3.24. The molecule has 0 bridgehead atoms. The number of nitrogens with two attached hydrogens (primary N) is 1. The molecule has 1 fully saturated rings. The third-order valence-electron chi connectivity index (χ3n) is 5.99. The monoisotopic (exact) mass is 522 g/mol. The number of thiazole rings is 1. The maximum absolute atomic E-state index is 13.0. The minimum absolute atomic E-state index is 0.0337. The normalized spacial score (nSPS) is 18.4. The summed E-state index contributed by atoms with van der Waals surface area (Å²) in [5.41, 5.74) is 5.28. The highest BCUT2D eigenvalue weighted by molar-refractivity contribution is 8.01. The van der Waals surface area contributed by atoms with Crippen LogP contribution in [0.4, 0.5) is 18.9 Å². The molecule has 11 heteroatoms. The Labute approximate surface area is 208 Å². The quantitative estimate of drug-likeness (QED) is 0.297. The van der Waals surface area contributed by atoms with Gasteiger partial charge < -0.3 is 16.4 Å². The smallest absolute Gasteiger partial charge is 0.398 e. The molecular formula is C24H25F3N4O2S2. The zero-order valence-electron chi connectivity index (χ0n) is 18.7. The van der Waals surface area contributed by atoms with Crippen LogP contribution in [-0.4, -0.2) is 35.1 Å². The molecule has 3 aromatic rings. The van der Waals surface area contributed by atoms with Crippen LogP contribution in [0.2, 0.25) is 0 Å². The fourth-order valence-corrected chi connectivity index (χ4v) is 6.46. The summed E-state index contributed by atoms with van der Waals surface area (Å²) in [5, 5.41) is 5.38. The van der Waals surface area contributed by atoms with Gasteiger partial charge in [-0.25, -0.2) is 4.98 Å². The molecule has 0 saturated heterocycles. The first-order chi connectivity index (χ1) is 16.7. The highest BCUT2D eigenvalue weighted by Crippen LogP contribution is 2.34. The number of carbonyl (C=O) groups excluding carboxylic acids is 2. The number of alkyl halides is 3. The van der Waals surface area contributed by atoms with Gasteiger partial charge >= 0.3 is 6.18 Å². The van der Waals surface area contributed by atoms with Gasteiger partial charge in [0.05, 0.1) is 27.9 Å². The van der Waals surface area contributed by atoms with Gasteiger partial charge in [0.2, 0.25) is 5.91 Å². The molecule has 35 heavy (non-hydrogen) atoms. The molecule has 4 N–H and O–H groups in total. The minimum Gasteiger partial charge on any atom is -0.398 e. The number of halogens is 3. The Morgan fingerprint density at radius 3 is 2.69 bits per heavy atom. The number of aromatic nitrogens is 1. The molecule has 0 radical (unpaired) electrons. The van der Waals surface area contributed by atoms with Crippen LogP contribution in [0.5, 0.6) is 0 Å². The van der Waals surface area contributed by atoms with E-state index in [0.29, 0.717) is 6.07 Å². The Kier molecular flexibility index (Phi) is 7.85. The number of hydrogen-bond acceptors (Lipinski definition) is 6. The van der Waals surface area contributed by atoms with E-state index >= 15 is 0 Å². The lowest BCUT2D eigenvalue weighted by Gasteiger charge is -2.32. The van der Waals surface area contributed by atoms with E-state index in [2.05, 4.69) is 15.6 Å². The van der Waals surface area contributed by atoms with Crippen LogP contribution in [-0.2, 0) is 11.0 Å². The molecule has 0 spiro atoms. The third-order valence-corrected chi connectivity index (χ3v) is 8.35. The molecule has 6 nitrogen and oxygen atoms in total. The summed E-state index contributed by atoms with van der Waals surface area (Å²) in [6.07, 6.45) is -0.690. The number of carbonyl (C=O) groups is 2. The van der Waals surface area contributed by atoms with Crippen molar-refractivity contribution in [2.24, 2.45) is 5.92 Å². The highest BCUT2D eigenvalue weighted by atomic mass is 32.2. The van der Waals surface area contributed by atoms with Gasteiger partial charge in [-0.05, 0) is 49.1 Å². The fraction of sp³-hybridized carbons (Fsp3) is 0.375. The summed E-state index contributed by atoms with van der Waals surface area (Å²) in [6, 6.07) is 10.5. The lowest BCUT2D eigenvalue weighted by molar-refractivity contribution is -0.137. The molecule has 1 aliphatic rings. The predicted molar refractivity (Wildman–Crippen MR) is 132 cm³/mol. The number of nitrogens with one attached hydrogen (secondary N) is 2. The second kappa shape index (κ2) is 10.9. The molecule has 1 aliphatic carbocycles. The number of hydrogen-bond donors (Lipinski definition) is 3. The molecule has 186 valence electrons. The number of amides is 2. The zero-order valence-corrected chi connectivity index (χ0v) is 20.4. The summed E-state index contributed by atoms with van der Waals surface area (Å²) in [5.74, 6) is -0.126. The molecule has 0 unspecified atom stereocenters. The van der Waals surface area contributed by atoms with Crippen molar-refractivity contribution in [3.05, 3.63) is 53.6 Å². The molecule has 2 atom stereocenters. The fourth-order valence-electron chi connectivity index (χ4n) is 4.13. The van der Waals surface area contributed by atoms with Crippen molar-refractivity contribution in [3.8, 4) is 0 Å². The zero-order chi connectivity index (χ0) is 25.0. The largest absolute Gasteiger partial charge is 0.416 e. The number of nitrogen functional groups attached to an aromatic ring is 1. The number of fused-ring (bicyclic) bond motifs is 1. The van der Waals surface area contributed by atoms with Crippen LogP contribution in [0.25, 0.3) is 10.2 Å². The van der Waals surface area contributed by atoms with Crippen LogP contribution in [0.15, 0.2) is 46.8 Å². The maximum atomic E-state index is 13.0. The van der Waals surface area contributed by atoms with Gasteiger partial charge in [0.15, 0.2) is 4.34 Å². The van der Waals surface area contributed by atoms with E-state index < -0.39 is 17.6 Å². The molecule has 0 aliphatic heterocycles. The van der Waals surface area contributed by atoms with Crippen molar-refractivity contribution in [2.45, 2.75) is 42.2 Å². The van der Waals surface area contributed by atoms with E-state index in [1.807, 2.05) is 24.3 Å². The van der Waals surface area contributed by atoms with E-state index in [4.69, 9.17) is 5.73 Å². The molecular weight excluding hydrogens is 497 g/mol. The first-order valence-corrected chi connectivity index (χ1v) is 13.0. The van der Waals surface area contributed by atoms with Crippen molar-refractivity contribution in [1.29, 1.82) is 0 Å². The molecule has 1 aromatic heterocycles. The van der Waals surface area contributed by atoms with Gasteiger partial charge in [-0.2, -0.15) is 13.2 Å². The van der Waals surface area contributed by atoms with Crippen molar-refractivity contribution in [1.82, 2.24) is 15.6 Å². The minimum atomic E-state index is -4.60. The Bertz CT molecular complexity index is 1180. The van der Waals surface area contributed by atoms with Crippen molar-refractivity contribution < 1.29 is 22.8 Å². The van der Waals surface area contributed by atoms with Gasteiger partial charge in [-0.1, -0.05) is 36.7 Å². The average molecular weight is 523 g/mol. The lowest BCUT2D eigenvalue weighted by Crippen LogP contribution is -2.47. The number of anilines is 1. The van der Waals surface area contributed by atoms with Crippen molar-refractivity contribution in [2.75, 3.05) is 18.0 Å². The number of thioether (sulfide) groups is 1. The third kappa shape index (κ3) is 6.46. The van der Waals surface area contributed by atoms with Gasteiger partial charge in [-0.15, -0.1) is 11.3 Å². The molecule has 2 aromatic carbocycles. The number of benzene rings is 2. The van der Waals surface area contributed by atoms with E-state index in [0.717, 1.165) is 58.1 Å². The topological polar surface area (TPSA) is 97.1 Å². The first-order valence-electron chi connectivity index (χ1n) is 11.2. The summed E-state index contributed by atoms with van der Waals surface area (Å²) < 4.78 is 41.0. The highest BCUT2D eigenvalue weighted by Gasteiger charge is 2.32. The predicted octanol–water partition coefficient (Wildman–Crippen LogP) is 5.09. The van der Waals surface area contributed by atoms with Crippen LogP contribution in [0.1, 0.15) is 41.6 Å². The summed E-state index contributed by atoms with van der Waals surface area (Å²) in [7, 11) is 0. The van der Waals surface area contributed by atoms with Crippen molar-refractivity contribution >= 4 is 50.8 Å².